The lowest BCUT2D eigenvalue weighted by Gasteiger charge is -2.14. The molecule has 1 heterocycles. The number of ether oxygens (including phenoxy) is 4. The van der Waals surface area contributed by atoms with Crippen molar-refractivity contribution in [1.82, 2.24) is 0 Å². The summed E-state index contributed by atoms with van der Waals surface area (Å²) in [4.78, 5) is 12.7. The topological polar surface area (TPSA) is 89.8 Å². The molecule has 8 heteroatoms. The van der Waals surface area contributed by atoms with Crippen molar-refractivity contribution < 1.29 is 23.7 Å². The fourth-order valence-electron chi connectivity index (χ4n) is 3.37. The maximum Gasteiger partial charge on any atom is 0.266 e. The van der Waals surface area contributed by atoms with Gasteiger partial charge in [0.15, 0.2) is 23.0 Å². The molecule has 0 unspecified atom stereocenters. The third-order valence-electron chi connectivity index (χ3n) is 5.14. The average Bonchev–Trinajstić information content (AvgIpc) is 3.31. The fraction of sp³-hybridized carbons (Fsp3) is 0.154. The molecule has 1 aliphatic heterocycles. The van der Waals surface area contributed by atoms with Crippen LogP contribution in [0.2, 0.25) is 0 Å². The minimum Gasteiger partial charge on any atom is -0.493 e. The average molecular weight is 568 g/mol. The normalized spacial score (nSPS) is 12.1. The van der Waals surface area contributed by atoms with Gasteiger partial charge in [-0.1, -0.05) is 24.3 Å². The van der Waals surface area contributed by atoms with E-state index in [9.17, 15) is 10.1 Å². The second-order valence-electron chi connectivity index (χ2n) is 7.45. The van der Waals surface area contributed by atoms with Crippen LogP contribution in [0, 0.1) is 21.8 Å². The van der Waals surface area contributed by atoms with Gasteiger partial charge in [-0.25, -0.2) is 0 Å². The third kappa shape index (κ3) is 5.26. The van der Waals surface area contributed by atoms with Crippen molar-refractivity contribution in [3.8, 4) is 29.1 Å². The van der Waals surface area contributed by atoms with E-state index >= 15 is 0 Å². The second kappa shape index (κ2) is 10.5. The Bertz CT molecular complexity index is 1310. The third-order valence-corrected chi connectivity index (χ3v) is 5.94. The van der Waals surface area contributed by atoms with Crippen LogP contribution in [0.4, 0.5) is 5.69 Å². The van der Waals surface area contributed by atoms with E-state index in [-0.39, 0.29) is 12.4 Å². The highest BCUT2D eigenvalue weighted by Crippen LogP contribution is 2.37. The monoisotopic (exact) mass is 568 g/mol. The molecule has 0 bridgehead atoms. The number of benzene rings is 3. The lowest BCUT2D eigenvalue weighted by molar-refractivity contribution is -0.112. The summed E-state index contributed by atoms with van der Waals surface area (Å²) in [7, 11) is 1.54. The van der Waals surface area contributed by atoms with E-state index in [1.54, 1.807) is 19.2 Å². The smallest absolute Gasteiger partial charge is 0.266 e. The highest BCUT2D eigenvalue weighted by atomic mass is 127. The Hall–Kier alpha value is -3.71. The Morgan fingerprint density at radius 2 is 1.97 bits per heavy atom. The molecule has 0 spiro atoms. The molecule has 0 saturated carbocycles. The van der Waals surface area contributed by atoms with Crippen molar-refractivity contribution in [3.05, 3.63) is 80.4 Å². The van der Waals surface area contributed by atoms with Crippen LogP contribution in [0.15, 0.2) is 60.2 Å². The summed E-state index contributed by atoms with van der Waals surface area (Å²) in [6, 6.07) is 18.6. The molecule has 1 N–H and O–H groups in total. The predicted molar refractivity (Wildman–Crippen MR) is 136 cm³/mol. The molecule has 0 fully saturated rings. The van der Waals surface area contributed by atoms with E-state index in [0.29, 0.717) is 40.9 Å². The zero-order valence-corrected chi connectivity index (χ0v) is 20.7. The summed E-state index contributed by atoms with van der Waals surface area (Å²) in [5, 5.41) is 12.4. The summed E-state index contributed by atoms with van der Waals surface area (Å²) in [6.07, 6.45) is 1.53. The zero-order chi connectivity index (χ0) is 24.1. The van der Waals surface area contributed by atoms with Gasteiger partial charge in [0.25, 0.3) is 5.91 Å². The number of carbonyl (C=O) groups is 1. The van der Waals surface area contributed by atoms with Crippen LogP contribution in [-0.2, 0) is 11.4 Å². The Kier molecular flexibility index (Phi) is 7.23. The number of halogens is 1. The number of hydrogen-bond acceptors (Lipinski definition) is 6. The number of methoxy groups -OCH3 is 1. The first kappa shape index (κ1) is 23.4. The van der Waals surface area contributed by atoms with Gasteiger partial charge in [-0.15, -0.1) is 0 Å². The second-order valence-corrected chi connectivity index (χ2v) is 8.61. The molecular formula is C26H21IN2O5. The number of nitrogens with zero attached hydrogens (tertiary/aromatic N) is 1. The Morgan fingerprint density at radius 3 is 2.74 bits per heavy atom. The molecule has 7 nitrogen and oxygen atoms in total. The number of fused-ring (bicyclic) bond motifs is 1. The first-order valence-corrected chi connectivity index (χ1v) is 11.4. The summed E-state index contributed by atoms with van der Waals surface area (Å²) in [6.45, 7) is 2.41. The molecule has 0 atom stereocenters. The van der Waals surface area contributed by atoms with E-state index in [2.05, 4.69) is 27.9 Å². The van der Waals surface area contributed by atoms with Crippen molar-refractivity contribution in [3.63, 3.8) is 0 Å². The summed E-state index contributed by atoms with van der Waals surface area (Å²) >= 11 is 2.14. The number of carbonyl (C=O) groups excluding carboxylic acids is 1. The van der Waals surface area contributed by atoms with Gasteiger partial charge in [-0.3, -0.25) is 4.79 Å². The molecule has 0 radical (unpaired) electrons. The number of para-hydroxylation sites is 1. The van der Waals surface area contributed by atoms with E-state index < -0.39 is 5.91 Å². The first-order valence-electron chi connectivity index (χ1n) is 10.4. The van der Waals surface area contributed by atoms with E-state index in [1.165, 1.54) is 6.08 Å². The highest BCUT2D eigenvalue weighted by Gasteiger charge is 2.16. The van der Waals surface area contributed by atoms with E-state index in [4.69, 9.17) is 18.9 Å². The molecule has 4 rings (SSSR count). The number of hydrogen-bond donors (Lipinski definition) is 1. The largest absolute Gasteiger partial charge is 0.493 e. The maximum absolute atomic E-state index is 12.7. The summed E-state index contributed by atoms with van der Waals surface area (Å²) in [5.74, 6) is 1.99. The van der Waals surface area contributed by atoms with Crippen LogP contribution in [0.25, 0.3) is 6.08 Å². The quantitative estimate of drug-likeness (QED) is 0.231. The van der Waals surface area contributed by atoms with Gasteiger partial charge in [-0.05, 0) is 82.6 Å². The van der Waals surface area contributed by atoms with Crippen LogP contribution in [0.1, 0.15) is 16.7 Å². The van der Waals surface area contributed by atoms with Gasteiger partial charge in [0.1, 0.15) is 18.2 Å². The van der Waals surface area contributed by atoms with Crippen molar-refractivity contribution in [2.75, 3.05) is 19.2 Å². The maximum atomic E-state index is 12.7. The van der Waals surface area contributed by atoms with Gasteiger partial charge < -0.3 is 24.3 Å². The van der Waals surface area contributed by atoms with Crippen LogP contribution in [-0.4, -0.2) is 19.8 Å². The standard InChI is InChI=1S/C26H21IN2O5/c1-16-5-3-4-6-21(16)29-26(30)19(13-28)9-18-10-20(27)25(24(12-18)31-2)32-14-17-7-8-22-23(11-17)34-15-33-22/h3-12H,14-15H2,1-2H3,(H,29,30)/b19-9-. The summed E-state index contributed by atoms with van der Waals surface area (Å²) < 4.78 is 23.1. The van der Waals surface area contributed by atoms with Crippen molar-refractivity contribution in [2.24, 2.45) is 0 Å². The molecule has 0 aromatic heterocycles. The zero-order valence-electron chi connectivity index (χ0n) is 18.6. The lowest BCUT2D eigenvalue weighted by Crippen LogP contribution is -2.14. The number of amides is 1. The minimum atomic E-state index is -0.478. The molecule has 0 aliphatic carbocycles. The van der Waals surface area contributed by atoms with Gasteiger partial charge in [0.2, 0.25) is 6.79 Å². The van der Waals surface area contributed by atoms with Crippen LogP contribution >= 0.6 is 22.6 Å². The molecular weight excluding hydrogens is 547 g/mol. The van der Waals surface area contributed by atoms with Gasteiger partial charge in [0.05, 0.1) is 10.7 Å². The van der Waals surface area contributed by atoms with Gasteiger partial charge >= 0.3 is 0 Å². The number of nitriles is 1. The van der Waals surface area contributed by atoms with Gasteiger partial charge in [-0.2, -0.15) is 5.26 Å². The van der Waals surface area contributed by atoms with Crippen molar-refractivity contribution in [1.29, 1.82) is 5.26 Å². The van der Waals surface area contributed by atoms with Crippen molar-refractivity contribution in [2.45, 2.75) is 13.5 Å². The fourth-order valence-corrected chi connectivity index (χ4v) is 4.15. The number of rotatable bonds is 7. The SMILES string of the molecule is COc1cc(/C=C(/C#N)C(=O)Nc2ccccc2C)cc(I)c1OCc1ccc2c(c1)OCO2. The number of aryl methyl sites for hydroxylation is 1. The Morgan fingerprint density at radius 1 is 1.18 bits per heavy atom. The summed E-state index contributed by atoms with van der Waals surface area (Å²) in [5.41, 5.74) is 3.12. The Balaban J connectivity index is 1.53. The van der Waals surface area contributed by atoms with E-state index in [0.717, 1.165) is 14.7 Å². The molecule has 34 heavy (non-hydrogen) atoms. The molecule has 0 saturated heterocycles. The molecule has 3 aromatic rings. The number of nitrogens with one attached hydrogen (secondary N) is 1. The lowest BCUT2D eigenvalue weighted by atomic mass is 10.1. The first-order chi connectivity index (χ1) is 16.5. The predicted octanol–water partition coefficient (Wildman–Crippen LogP) is 5.46. The van der Waals surface area contributed by atoms with Crippen LogP contribution < -0.4 is 24.3 Å². The Labute approximate surface area is 211 Å². The number of anilines is 1. The highest BCUT2D eigenvalue weighted by molar-refractivity contribution is 14.1. The van der Waals surface area contributed by atoms with Crippen LogP contribution in [0.5, 0.6) is 23.0 Å². The molecule has 1 aliphatic rings. The van der Waals surface area contributed by atoms with Crippen LogP contribution in [0.3, 0.4) is 0 Å². The van der Waals surface area contributed by atoms with Crippen molar-refractivity contribution >= 4 is 40.3 Å². The molecule has 3 aromatic carbocycles. The van der Waals surface area contributed by atoms with E-state index in [1.807, 2.05) is 55.5 Å². The minimum absolute atomic E-state index is 0.0184. The van der Waals surface area contributed by atoms with Gasteiger partial charge in [0, 0.05) is 5.69 Å². The molecule has 1 amide bonds. The molecule has 172 valence electrons.